The first-order valence-corrected chi connectivity index (χ1v) is 14.2. The van der Waals surface area contributed by atoms with Crippen molar-refractivity contribution in [2.24, 2.45) is 0 Å². The highest BCUT2D eigenvalue weighted by Gasteiger charge is 2.50. The molecule has 2 amide bonds. The molecule has 1 aliphatic heterocycles. The highest BCUT2D eigenvalue weighted by Crippen LogP contribution is 2.49. The number of aliphatic carboxylic acids is 1. The number of likely N-dealkylation sites (tertiary alicyclic amines) is 1. The summed E-state index contributed by atoms with van der Waals surface area (Å²) < 4.78 is 51.0. The van der Waals surface area contributed by atoms with Crippen LogP contribution in [0.25, 0.3) is 11.3 Å². The molecule has 232 valence electrons. The Kier molecular flexibility index (Phi) is 10.1. The third-order valence-electron chi connectivity index (χ3n) is 7.90. The number of ether oxygens (including phenoxy) is 2. The highest BCUT2D eigenvalue weighted by molar-refractivity contribution is 7.98. The predicted molar refractivity (Wildman–Crippen MR) is 153 cm³/mol. The molecule has 1 saturated carbocycles. The van der Waals surface area contributed by atoms with E-state index in [4.69, 9.17) is 23.8 Å². The molecule has 5 rings (SSSR count). The number of carbonyl (C=O) groups is 2. The van der Waals surface area contributed by atoms with Gasteiger partial charge in [-0.15, -0.1) is 0 Å². The molecule has 3 aromatic rings. The number of methoxy groups -OCH3 is 2. The lowest BCUT2D eigenvalue weighted by molar-refractivity contribution is -0.192. The number of likely N-dealkylation sites (N-methyl/N-ethyl adjacent to an activating group) is 1. The second-order valence-corrected chi connectivity index (χ2v) is 11.2. The Morgan fingerprint density at radius 2 is 1.81 bits per heavy atom. The largest absolute Gasteiger partial charge is 0.493 e. The van der Waals surface area contributed by atoms with Crippen LogP contribution in [0, 0.1) is 0 Å². The number of oxazole rings is 1. The molecule has 2 heterocycles. The summed E-state index contributed by atoms with van der Waals surface area (Å²) in [6, 6.07) is 14.4. The summed E-state index contributed by atoms with van der Waals surface area (Å²) in [5.74, 6) is -0.524. The standard InChI is InChI=1S/C27H32N4O4S.C2HF3O2/c1-31-13-12-27(19-6-9-22(33-2)23(14-19)34-3)11-10-20(15-25(27)31)29-26(32)30-36-21-7-4-18(5-8-21)24-16-28-17-35-24;3-2(4,5)1(6)7/h4-9,14,16-17,20,25H,10-13,15H2,1-3H3,(H2,29,30,32);(H,6,7). The molecular formula is C29H33F3N4O6S. The van der Waals surface area contributed by atoms with Crippen molar-refractivity contribution in [3.63, 3.8) is 0 Å². The quantitative estimate of drug-likeness (QED) is 0.293. The summed E-state index contributed by atoms with van der Waals surface area (Å²) in [4.78, 5) is 28.9. The van der Waals surface area contributed by atoms with Crippen molar-refractivity contribution in [1.82, 2.24) is 19.9 Å². The SMILES string of the molecule is COc1ccc(C23CCC(NC(=O)NSc4ccc(-c5cnco5)cc4)CC2N(C)CC3)cc1OC.O=C(O)C(F)(F)F. The molecule has 3 unspecified atom stereocenters. The molecule has 0 bridgehead atoms. The van der Waals surface area contributed by atoms with E-state index in [1.54, 1.807) is 20.4 Å². The van der Waals surface area contributed by atoms with Crippen molar-refractivity contribution in [1.29, 1.82) is 0 Å². The van der Waals surface area contributed by atoms with Crippen LogP contribution in [0.1, 0.15) is 31.2 Å². The van der Waals surface area contributed by atoms with Crippen LogP contribution >= 0.6 is 11.9 Å². The van der Waals surface area contributed by atoms with E-state index in [0.717, 1.165) is 59.9 Å². The number of nitrogens with one attached hydrogen (secondary N) is 2. The fourth-order valence-corrected chi connectivity index (χ4v) is 6.30. The first-order chi connectivity index (χ1) is 20.5. The van der Waals surface area contributed by atoms with Crippen molar-refractivity contribution in [3.05, 3.63) is 60.6 Å². The molecule has 0 spiro atoms. The minimum atomic E-state index is -5.08. The molecule has 43 heavy (non-hydrogen) atoms. The number of rotatable bonds is 7. The second-order valence-electron chi connectivity index (χ2n) is 10.3. The van der Waals surface area contributed by atoms with Gasteiger partial charge in [0, 0.05) is 28.0 Å². The van der Waals surface area contributed by atoms with Crippen LogP contribution in [-0.2, 0) is 10.2 Å². The first kappa shape index (κ1) is 32.0. The summed E-state index contributed by atoms with van der Waals surface area (Å²) in [6.45, 7) is 1.04. The number of hydrogen-bond donors (Lipinski definition) is 3. The van der Waals surface area contributed by atoms with Crippen LogP contribution in [0.15, 0.2) is 64.4 Å². The zero-order valence-electron chi connectivity index (χ0n) is 23.8. The zero-order valence-corrected chi connectivity index (χ0v) is 24.6. The van der Waals surface area contributed by atoms with Gasteiger partial charge in [0.1, 0.15) is 0 Å². The van der Waals surface area contributed by atoms with Gasteiger partial charge in [0.25, 0.3) is 0 Å². The van der Waals surface area contributed by atoms with Gasteiger partial charge in [-0.05, 0) is 81.1 Å². The third kappa shape index (κ3) is 7.54. The molecule has 2 fully saturated rings. The molecule has 1 aliphatic carbocycles. The average Bonchev–Trinajstić information content (AvgIpc) is 3.65. The van der Waals surface area contributed by atoms with E-state index in [-0.39, 0.29) is 17.5 Å². The summed E-state index contributed by atoms with van der Waals surface area (Å²) in [5, 5.41) is 10.3. The molecule has 1 saturated heterocycles. The maximum absolute atomic E-state index is 12.7. The van der Waals surface area contributed by atoms with Gasteiger partial charge in [-0.1, -0.05) is 18.2 Å². The number of fused-ring (bicyclic) bond motifs is 1. The third-order valence-corrected chi connectivity index (χ3v) is 8.69. The lowest BCUT2D eigenvalue weighted by atomic mass is 9.65. The predicted octanol–water partition coefficient (Wildman–Crippen LogP) is 5.49. The Balaban J connectivity index is 0.000000541. The first-order valence-electron chi connectivity index (χ1n) is 13.4. The number of halogens is 3. The van der Waals surface area contributed by atoms with Crippen LogP contribution < -0.4 is 19.5 Å². The maximum Gasteiger partial charge on any atom is 0.490 e. The fraction of sp³-hybridized carbons (Fsp3) is 0.414. The van der Waals surface area contributed by atoms with Crippen molar-refractivity contribution in [3.8, 4) is 22.8 Å². The number of benzene rings is 2. The number of hydrogen-bond acceptors (Lipinski definition) is 8. The number of carboxylic acids is 1. The van der Waals surface area contributed by atoms with E-state index >= 15 is 0 Å². The van der Waals surface area contributed by atoms with Crippen LogP contribution in [0.3, 0.4) is 0 Å². The Bertz CT molecular complexity index is 1390. The average molecular weight is 623 g/mol. The maximum atomic E-state index is 12.7. The molecule has 0 radical (unpaired) electrons. The van der Waals surface area contributed by atoms with Crippen LogP contribution in [0.5, 0.6) is 11.5 Å². The van der Waals surface area contributed by atoms with Crippen LogP contribution in [0.4, 0.5) is 18.0 Å². The second kappa shape index (κ2) is 13.6. The minimum Gasteiger partial charge on any atom is -0.493 e. The smallest absolute Gasteiger partial charge is 0.490 e. The summed E-state index contributed by atoms with van der Waals surface area (Å²) >= 11 is 1.30. The normalized spacial score (nSPS) is 21.6. The molecule has 10 nitrogen and oxygen atoms in total. The van der Waals surface area contributed by atoms with Crippen molar-refractivity contribution in [2.45, 2.75) is 54.3 Å². The van der Waals surface area contributed by atoms with Gasteiger partial charge in [-0.25, -0.2) is 14.6 Å². The molecular weight excluding hydrogens is 589 g/mol. The van der Waals surface area contributed by atoms with Gasteiger partial charge in [-0.2, -0.15) is 13.2 Å². The number of amides is 2. The van der Waals surface area contributed by atoms with Gasteiger partial charge in [0.2, 0.25) is 0 Å². The number of carbonyl (C=O) groups excluding carboxylic acids is 1. The molecule has 3 atom stereocenters. The van der Waals surface area contributed by atoms with Crippen LogP contribution in [-0.4, -0.2) is 73.1 Å². The van der Waals surface area contributed by atoms with E-state index in [0.29, 0.717) is 6.04 Å². The monoisotopic (exact) mass is 622 g/mol. The molecule has 2 aromatic carbocycles. The summed E-state index contributed by atoms with van der Waals surface area (Å²) in [5.41, 5.74) is 2.30. The molecule has 14 heteroatoms. The van der Waals surface area contributed by atoms with E-state index in [9.17, 15) is 18.0 Å². The van der Waals surface area contributed by atoms with Gasteiger partial charge >= 0.3 is 18.2 Å². The molecule has 1 aromatic heterocycles. The Hall–Kier alpha value is -3.91. The zero-order chi connectivity index (χ0) is 31.2. The fourth-order valence-electron chi connectivity index (χ4n) is 5.76. The number of carboxylic acid groups (broad SMARTS) is 1. The van der Waals surface area contributed by atoms with E-state index in [1.165, 1.54) is 23.9 Å². The Morgan fingerprint density at radius 1 is 1.12 bits per heavy atom. The van der Waals surface area contributed by atoms with Crippen molar-refractivity contribution in [2.75, 3.05) is 27.8 Å². The van der Waals surface area contributed by atoms with Gasteiger partial charge in [0.15, 0.2) is 23.7 Å². The summed E-state index contributed by atoms with van der Waals surface area (Å²) in [7, 11) is 5.53. The minimum absolute atomic E-state index is 0.0585. The van der Waals surface area contributed by atoms with E-state index in [2.05, 4.69) is 39.1 Å². The van der Waals surface area contributed by atoms with Gasteiger partial charge in [-0.3, -0.25) is 4.72 Å². The lowest BCUT2D eigenvalue weighted by Gasteiger charge is -2.45. The van der Waals surface area contributed by atoms with Crippen molar-refractivity contribution >= 4 is 23.9 Å². The van der Waals surface area contributed by atoms with Crippen molar-refractivity contribution < 1.29 is 41.8 Å². The number of aromatic nitrogens is 1. The highest BCUT2D eigenvalue weighted by atomic mass is 32.2. The number of nitrogens with zero attached hydrogens (tertiary/aromatic N) is 2. The Morgan fingerprint density at radius 3 is 2.42 bits per heavy atom. The molecule has 3 N–H and O–H groups in total. The Labute approximate surface area is 251 Å². The van der Waals surface area contributed by atoms with E-state index in [1.807, 2.05) is 30.3 Å². The van der Waals surface area contributed by atoms with Gasteiger partial charge in [0.05, 0.1) is 20.4 Å². The van der Waals surface area contributed by atoms with Crippen LogP contribution in [0.2, 0.25) is 0 Å². The number of urea groups is 1. The number of alkyl halides is 3. The topological polar surface area (TPSA) is 126 Å². The summed E-state index contributed by atoms with van der Waals surface area (Å²) in [6.07, 6.45) is 1.97. The lowest BCUT2D eigenvalue weighted by Crippen LogP contribution is -2.52. The van der Waals surface area contributed by atoms with E-state index < -0.39 is 12.1 Å². The molecule has 2 aliphatic rings. The van der Waals surface area contributed by atoms with Gasteiger partial charge < -0.3 is 29.2 Å².